The average Bonchev–Trinajstić information content (AvgIpc) is 2.88. The maximum absolute atomic E-state index is 3.75. The number of likely N-dealkylation sites (tertiary alicyclic amines) is 2. The van der Waals surface area contributed by atoms with E-state index in [2.05, 4.69) is 29.0 Å². The third kappa shape index (κ3) is 4.52. The van der Waals surface area contributed by atoms with Crippen LogP contribution in [0, 0.1) is 0 Å². The molecular formula is C15H31N3. The van der Waals surface area contributed by atoms with E-state index in [-0.39, 0.29) is 0 Å². The van der Waals surface area contributed by atoms with Gasteiger partial charge in [0.25, 0.3) is 0 Å². The van der Waals surface area contributed by atoms with Crippen molar-refractivity contribution < 1.29 is 0 Å². The highest BCUT2D eigenvalue weighted by Crippen LogP contribution is 2.13. The molecule has 0 spiro atoms. The number of piperidine rings is 1. The Labute approximate surface area is 113 Å². The van der Waals surface area contributed by atoms with Crippen molar-refractivity contribution >= 4 is 0 Å². The van der Waals surface area contributed by atoms with E-state index < -0.39 is 0 Å². The van der Waals surface area contributed by atoms with E-state index in [9.17, 15) is 0 Å². The first kappa shape index (κ1) is 14.3. The fraction of sp³-hybridized carbons (Fsp3) is 1.00. The molecule has 0 aromatic rings. The molecule has 2 heterocycles. The molecule has 2 rings (SSSR count). The summed E-state index contributed by atoms with van der Waals surface area (Å²) < 4.78 is 0. The van der Waals surface area contributed by atoms with Crippen LogP contribution in [0.5, 0.6) is 0 Å². The monoisotopic (exact) mass is 253 g/mol. The minimum atomic E-state index is 0.723. The second-order valence-corrected chi connectivity index (χ2v) is 6.26. The minimum absolute atomic E-state index is 0.723. The zero-order valence-corrected chi connectivity index (χ0v) is 12.3. The SMILES string of the molecule is CC(C)N1CCC(NCCCN2CCCC2)CC1. The van der Waals surface area contributed by atoms with Gasteiger partial charge in [0.1, 0.15) is 0 Å². The lowest BCUT2D eigenvalue weighted by Crippen LogP contribution is -2.45. The van der Waals surface area contributed by atoms with E-state index in [1.807, 2.05) is 0 Å². The smallest absolute Gasteiger partial charge is 0.00914 e. The van der Waals surface area contributed by atoms with Crippen LogP contribution in [0.2, 0.25) is 0 Å². The third-order valence-electron chi connectivity index (χ3n) is 4.54. The highest BCUT2D eigenvalue weighted by Gasteiger charge is 2.20. The van der Waals surface area contributed by atoms with E-state index in [0.29, 0.717) is 0 Å². The molecule has 0 aromatic carbocycles. The molecule has 0 unspecified atom stereocenters. The normalized spacial score (nSPS) is 24.2. The van der Waals surface area contributed by atoms with Gasteiger partial charge < -0.3 is 15.1 Å². The Kier molecular flexibility index (Phi) is 5.93. The van der Waals surface area contributed by atoms with E-state index in [1.165, 1.54) is 71.4 Å². The van der Waals surface area contributed by atoms with Crippen LogP contribution in [0.15, 0.2) is 0 Å². The van der Waals surface area contributed by atoms with Crippen LogP contribution >= 0.6 is 0 Å². The maximum Gasteiger partial charge on any atom is 0.00914 e. The molecule has 0 aromatic heterocycles. The van der Waals surface area contributed by atoms with Gasteiger partial charge in [-0.2, -0.15) is 0 Å². The highest BCUT2D eigenvalue weighted by molar-refractivity contribution is 4.78. The Morgan fingerprint density at radius 1 is 1.06 bits per heavy atom. The second-order valence-electron chi connectivity index (χ2n) is 6.26. The van der Waals surface area contributed by atoms with Crippen LogP contribution in [0.3, 0.4) is 0 Å². The van der Waals surface area contributed by atoms with Gasteiger partial charge in [0.2, 0.25) is 0 Å². The van der Waals surface area contributed by atoms with Crippen LogP contribution in [0.25, 0.3) is 0 Å². The summed E-state index contributed by atoms with van der Waals surface area (Å²) in [7, 11) is 0. The second kappa shape index (κ2) is 7.46. The molecule has 2 aliphatic heterocycles. The van der Waals surface area contributed by atoms with E-state index in [4.69, 9.17) is 0 Å². The molecule has 0 amide bonds. The van der Waals surface area contributed by atoms with Crippen molar-refractivity contribution in [1.29, 1.82) is 0 Å². The zero-order valence-electron chi connectivity index (χ0n) is 12.3. The average molecular weight is 253 g/mol. The summed E-state index contributed by atoms with van der Waals surface area (Å²) >= 11 is 0. The van der Waals surface area contributed by atoms with Gasteiger partial charge in [-0.15, -0.1) is 0 Å². The van der Waals surface area contributed by atoms with Crippen molar-refractivity contribution in [2.45, 2.75) is 58.0 Å². The fourth-order valence-corrected chi connectivity index (χ4v) is 3.24. The van der Waals surface area contributed by atoms with Crippen LogP contribution in [0.1, 0.15) is 46.0 Å². The third-order valence-corrected chi connectivity index (χ3v) is 4.54. The lowest BCUT2D eigenvalue weighted by atomic mass is 10.0. The Hall–Kier alpha value is -0.120. The van der Waals surface area contributed by atoms with Crippen LogP contribution < -0.4 is 5.32 Å². The van der Waals surface area contributed by atoms with Crippen molar-refractivity contribution in [2.75, 3.05) is 39.3 Å². The Morgan fingerprint density at radius 3 is 2.33 bits per heavy atom. The molecule has 2 fully saturated rings. The zero-order chi connectivity index (χ0) is 12.8. The standard InChI is InChI=1S/C15H31N3/c1-14(2)18-12-6-15(7-13-18)16-8-5-11-17-9-3-4-10-17/h14-16H,3-13H2,1-2H3. The summed E-state index contributed by atoms with van der Waals surface area (Å²) in [6, 6.07) is 1.50. The number of nitrogens with zero attached hydrogens (tertiary/aromatic N) is 2. The Balaban J connectivity index is 1.50. The number of nitrogens with one attached hydrogen (secondary N) is 1. The van der Waals surface area contributed by atoms with Gasteiger partial charge in [-0.3, -0.25) is 0 Å². The molecule has 0 saturated carbocycles. The summed E-state index contributed by atoms with van der Waals surface area (Å²) in [6.45, 7) is 12.4. The van der Waals surface area contributed by atoms with Gasteiger partial charge in [0.05, 0.1) is 0 Å². The van der Waals surface area contributed by atoms with Crippen molar-refractivity contribution in [3.8, 4) is 0 Å². The van der Waals surface area contributed by atoms with Crippen molar-refractivity contribution in [1.82, 2.24) is 15.1 Å². The summed E-state index contributed by atoms with van der Waals surface area (Å²) in [5, 5.41) is 3.75. The van der Waals surface area contributed by atoms with Gasteiger partial charge in [-0.1, -0.05) is 0 Å². The highest BCUT2D eigenvalue weighted by atomic mass is 15.2. The van der Waals surface area contributed by atoms with Gasteiger partial charge in [-0.25, -0.2) is 0 Å². The van der Waals surface area contributed by atoms with Crippen LogP contribution in [-0.2, 0) is 0 Å². The molecular weight excluding hydrogens is 222 g/mol. The summed E-state index contributed by atoms with van der Waals surface area (Å²) in [5.41, 5.74) is 0. The molecule has 106 valence electrons. The molecule has 2 aliphatic rings. The molecule has 0 bridgehead atoms. The number of hydrogen-bond donors (Lipinski definition) is 1. The van der Waals surface area contributed by atoms with Gasteiger partial charge in [-0.05, 0) is 85.2 Å². The first-order valence-electron chi connectivity index (χ1n) is 7.95. The Morgan fingerprint density at radius 2 is 1.72 bits per heavy atom. The number of rotatable bonds is 6. The quantitative estimate of drug-likeness (QED) is 0.730. The first-order chi connectivity index (χ1) is 8.75. The first-order valence-corrected chi connectivity index (χ1v) is 7.95. The number of hydrogen-bond acceptors (Lipinski definition) is 3. The van der Waals surface area contributed by atoms with Gasteiger partial charge >= 0.3 is 0 Å². The van der Waals surface area contributed by atoms with E-state index in [1.54, 1.807) is 0 Å². The molecule has 18 heavy (non-hydrogen) atoms. The lowest BCUT2D eigenvalue weighted by Gasteiger charge is -2.35. The van der Waals surface area contributed by atoms with E-state index >= 15 is 0 Å². The van der Waals surface area contributed by atoms with E-state index in [0.717, 1.165) is 12.1 Å². The largest absolute Gasteiger partial charge is 0.314 e. The fourth-order valence-electron chi connectivity index (χ4n) is 3.24. The summed E-state index contributed by atoms with van der Waals surface area (Å²) in [6.07, 6.45) is 6.83. The minimum Gasteiger partial charge on any atom is -0.314 e. The molecule has 0 radical (unpaired) electrons. The Bertz CT molecular complexity index is 216. The molecule has 3 nitrogen and oxygen atoms in total. The van der Waals surface area contributed by atoms with Crippen molar-refractivity contribution in [3.05, 3.63) is 0 Å². The van der Waals surface area contributed by atoms with Gasteiger partial charge in [0, 0.05) is 12.1 Å². The van der Waals surface area contributed by atoms with Crippen LogP contribution in [0.4, 0.5) is 0 Å². The molecule has 3 heteroatoms. The summed E-state index contributed by atoms with van der Waals surface area (Å²) in [4.78, 5) is 5.21. The molecule has 0 atom stereocenters. The molecule has 1 N–H and O–H groups in total. The van der Waals surface area contributed by atoms with Gasteiger partial charge in [0.15, 0.2) is 0 Å². The predicted octanol–water partition coefficient (Wildman–Crippen LogP) is 1.93. The lowest BCUT2D eigenvalue weighted by molar-refractivity contribution is 0.161. The molecule has 0 aliphatic carbocycles. The predicted molar refractivity (Wildman–Crippen MR) is 78.0 cm³/mol. The van der Waals surface area contributed by atoms with Crippen LogP contribution in [-0.4, -0.2) is 61.2 Å². The molecule has 2 saturated heterocycles. The topological polar surface area (TPSA) is 18.5 Å². The summed E-state index contributed by atoms with van der Waals surface area (Å²) in [5.74, 6) is 0. The maximum atomic E-state index is 3.75. The van der Waals surface area contributed by atoms with Crippen molar-refractivity contribution in [2.24, 2.45) is 0 Å². The van der Waals surface area contributed by atoms with Crippen molar-refractivity contribution in [3.63, 3.8) is 0 Å².